The van der Waals surface area contributed by atoms with Crippen LogP contribution in [0.15, 0.2) is 53.6 Å². The first kappa shape index (κ1) is 20.5. The Bertz CT molecular complexity index is 950. The van der Waals surface area contributed by atoms with E-state index in [0.717, 1.165) is 5.56 Å². The second-order valence-electron chi connectivity index (χ2n) is 7.94. The summed E-state index contributed by atoms with van der Waals surface area (Å²) in [6.45, 7) is 10.4. The molecule has 0 saturated heterocycles. The number of ether oxygens (including phenoxy) is 3. The summed E-state index contributed by atoms with van der Waals surface area (Å²) in [5.74, 6) is 1.11. The standard InChI is InChI=1S/C23H26N2O4/c1-5-9-28-17-8-7-14(10-18(17)27-6-2)20-15(13-24)22(25)29-19-12-23(3,4)11-16(26)21(19)20/h5,7-8,10,20H,1,6,9,11-12,25H2,2-4H3/t20-/m0/s1. The van der Waals surface area contributed by atoms with Gasteiger partial charge in [-0.3, -0.25) is 4.79 Å². The van der Waals surface area contributed by atoms with Crippen LogP contribution in [0.25, 0.3) is 0 Å². The van der Waals surface area contributed by atoms with E-state index in [1.54, 1.807) is 18.2 Å². The number of benzene rings is 1. The molecule has 0 unspecified atom stereocenters. The summed E-state index contributed by atoms with van der Waals surface area (Å²) in [7, 11) is 0. The van der Waals surface area contributed by atoms with E-state index < -0.39 is 5.92 Å². The molecule has 2 N–H and O–H groups in total. The maximum Gasteiger partial charge on any atom is 0.205 e. The fourth-order valence-corrected chi connectivity index (χ4v) is 3.86. The van der Waals surface area contributed by atoms with E-state index in [9.17, 15) is 10.1 Å². The average molecular weight is 394 g/mol. The number of nitrogens with zero attached hydrogens (tertiary/aromatic N) is 1. The van der Waals surface area contributed by atoms with Crippen molar-refractivity contribution in [2.75, 3.05) is 13.2 Å². The van der Waals surface area contributed by atoms with Crippen LogP contribution in [0.5, 0.6) is 11.5 Å². The molecule has 0 saturated carbocycles. The molecule has 1 atom stereocenters. The van der Waals surface area contributed by atoms with Gasteiger partial charge in [-0.25, -0.2) is 0 Å². The molecule has 0 fully saturated rings. The zero-order valence-electron chi connectivity index (χ0n) is 17.1. The molecule has 0 bridgehead atoms. The van der Waals surface area contributed by atoms with E-state index in [4.69, 9.17) is 19.9 Å². The maximum atomic E-state index is 13.0. The third-order valence-corrected chi connectivity index (χ3v) is 5.03. The number of Topliss-reactive ketones (excluding diaryl/α,β-unsaturated/α-hetero) is 1. The van der Waals surface area contributed by atoms with Crippen molar-refractivity contribution in [3.05, 3.63) is 59.2 Å². The molecule has 1 heterocycles. The second kappa shape index (κ2) is 8.04. The van der Waals surface area contributed by atoms with Gasteiger partial charge in [0.2, 0.25) is 5.88 Å². The highest BCUT2D eigenvalue weighted by atomic mass is 16.5. The van der Waals surface area contributed by atoms with E-state index in [2.05, 4.69) is 12.6 Å². The predicted molar refractivity (Wildman–Crippen MR) is 109 cm³/mol. The number of nitrogens with two attached hydrogens (primary N) is 1. The third kappa shape index (κ3) is 4.00. The first-order valence-electron chi connectivity index (χ1n) is 9.65. The molecule has 1 aromatic rings. The molecule has 6 nitrogen and oxygen atoms in total. The van der Waals surface area contributed by atoms with Crippen molar-refractivity contribution < 1.29 is 19.0 Å². The number of carbonyl (C=O) groups is 1. The Kier molecular flexibility index (Phi) is 5.69. The molecular weight excluding hydrogens is 368 g/mol. The van der Waals surface area contributed by atoms with Crippen LogP contribution in [-0.4, -0.2) is 19.0 Å². The van der Waals surface area contributed by atoms with Crippen LogP contribution in [0.2, 0.25) is 0 Å². The van der Waals surface area contributed by atoms with Gasteiger partial charge in [0.1, 0.15) is 24.0 Å². The number of rotatable bonds is 6. The van der Waals surface area contributed by atoms with Gasteiger partial charge < -0.3 is 19.9 Å². The molecule has 1 aliphatic heterocycles. The van der Waals surface area contributed by atoms with Crippen molar-refractivity contribution >= 4 is 5.78 Å². The Hall–Kier alpha value is -3.20. The van der Waals surface area contributed by atoms with Gasteiger partial charge in [0.15, 0.2) is 17.3 Å². The zero-order chi connectivity index (χ0) is 21.2. The topological polar surface area (TPSA) is 94.6 Å². The first-order valence-corrected chi connectivity index (χ1v) is 9.65. The van der Waals surface area contributed by atoms with Gasteiger partial charge in [0, 0.05) is 18.4 Å². The Morgan fingerprint density at radius 2 is 2.10 bits per heavy atom. The highest BCUT2D eigenvalue weighted by Crippen LogP contribution is 2.48. The van der Waals surface area contributed by atoms with Gasteiger partial charge in [-0.1, -0.05) is 32.6 Å². The van der Waals surface area contributed by atoms with Crippen LogP contribution < -0.4 is 15.2 Å². The molecule has 6 heteroatoms. The van der Waals surface area contributed by atoms with Crippen molar-refractivity contribution in [3.63, 3.8) is 0 Å². The molecule has 1 aliphatic carbocycles. The lowest BCUT2D eigenvalue weighted by Crippen LogP contribution is -2.33. The largest absolute Gasteiger partial charge is 0.490 e. The van der Waals surface area contributed by atoms with Crippen molar-refractivity contribution in [2.24, 2.45) is 11.1 Å². The molecule has 0 aromatic heterocycles. The molecule has 1 aromatic carbocycles. The lowest BCUT2D eigenvalue weighted by atomic mass is 9.70. The Balaban J connectivity index is 2.13. The number of ketones is 1. The smallest absolute Gasteiger partial charge is 0.205 e. The molecule has 0 amide bonds. The summed E-state index contributed by atoms with van der Waals surface area (Å²) in [5, 5.41) is 9.75. The van der Waals surface area contributed by atoms with E-state index in [0.29, 0.717) is 48.9 Å². The lowest BCUT2D eigenvalue weighted by Gasteiger charge is -2.37. The van der Waals surface area contributed by atoms with Crippen LogP contribution in [-0.2, 0) is 9.53 Å². The number of hydrogen-bond donors (Lipinski definition) is 1. The van der Waals surface area contributed by atoms with E-state index in [1.165, 1.54) is 0 Å². The molecule has 152 valence electrons. The normalized spacial score (nSPS) is 20.5. The Morgan fingerprint density at radius 3 is 2.76 bits per heavy atom. The minimum Gasteiger partial charge on any atom is -0.490 e. The molecule has 0 spiro atoms. The maximum absolute atomic E-state index is 13.0. The summed E-state index contributed by atoms with van der Waals surface area (Å²) in [6, 6.07) is 7.55. The van der Waals surface area contributed by atoms with Crippen LogP contribution >= 0.6 is 0 Å². The minimum atomic E-state index is -0.583. The second-order valence-corrected chi connectivity index (χ2v) is 7.94. The van der Waals surface area contributed by atoms with Crippen LogP contribution in [0.1, 0.15) is 45.1 Å². The van der Waals surface area contributed by atoms with E-state index >= 15 is 0 Å². The number of carbonyl (C=O) groups excluding carboxylic acids is 1. The number of hydrogen-bond acceptors (Lipinski definition) is 6. The fourth-order valence-electron chi connectivity index (χ4n) is 3.86. The van der Waals surface area contributed by atoms with Gasteiger partial charge in [0.25, 0.3) is 0 Å². The lowest BCUT2D eigenvalue weighted by molar-refractivity contribution is -0.119. The molecule has 3 rings (SSSR count). The van der Waals surface area contributed by atoms with E-state index in [1.807, 2.05) is 26.8 Å². The van der Waals surface area contributed by atoms with Gasteiger partial charge in [-0.15, -0.1) is 0 Å². The molecule has 29 heavy (non-hydrogen) atoms. The predicted octanol–water partition coefficient (Wildman–Crippen LogP) is 4.10. The first-order chi connectivity index (χ1) is 13.8. The monoisotopic (exact) mass is 394 g/mol. The number of allylic oxidation sites excluding steroid dienone is 3. The fraction of sp³-hybridized carbons (Fsp3) is 0.391. The quantitative estimate of drug-likeness (QED) is 0.730. The zero-order valence-corrected chi connectivity index (χ0v) is 17.1. The van der Waals surface area contributed by atoms with Gasteiger partial charge in [-0.05, 0) is 30.0 Å². The minimum absolute atomic E-state index is 0.0218. The van der Waals surface area contributed by atoms with Gasteiger partial charge in [-0.2, -0.15) is 5.26 Å². The Labute approximate surface area is 171 Å². The van der Waals surface area contributed by atoms with Crippen molar-refractivity contribution in [1.29, 1.82) is 5.26 Å². The van der Waals surface area contributed by atoms with Crippen LogP contribution in [0.4, 0.5) is 0 Å². The summed E-state index contributed by atoms with van der Waals surface area (Å²) < 4.78 is 17.1. The Morgan fingerprint density at radius 1 is 1.34 bits per heavy atom. The SMILES string of the molecule is C=CCOc1ccc([C@H]2C(C#N)=C(N)OC3=C2C(=O)CC(C)(C)C3)cc1OCC. The molecule has 2 aliphatic rings. The van der Waals surface area contributed by atoms with Crippen molar-refractivity contribution in [2.45, 2.75) is 39.5 Å². The molecular formula is C23H26N2O4. The third-order valence-electron chi connectivity index (χ3n) is 5.03. The van der Waals surface area contributed by atoms with Crippen molar-refractivity contribution in [3.8, 4) is 17.6 Å². The molecule has 0 radical (unpaired) electrons. The summed E-state index contributed by atoms with van der Waals surface area (Å²) in [6.07, 6.45) is 2.63. The van der Waals surface area contributed by atoms with Crippen LogP contribution in [0.3, 0.4) is 0 Å². The summed E-state index contributed by atoms with van der Waals surface area (Å²) in [5.41, 5.74) is 7.34. The van der Waals surface area contributed by atoms with Gasteiger partial charge >= 0.3 is 0 Å². The van der Waals surface area contributed by atoms with Gasteiger partial charge in [0.05, 0.1) is 12.5 Å². The number of nitriles is 1. The van der Waals surface area contributed by atoms with Crippen LogP contribution in [0, 0.1) is 16.7 Å². The summed E-state index contributed by atoms with van der Waals surface area (Å²) in [4.78, 5) is 13.0. The average Bonchev–Trinajstić information content (AvgIpc) is 2.65. The summed E-state index contributed by atoms with van der Waals surface area (Å²) >= 11 is 0. The van der Waals surface area contributed by atoms with E-state index in [-0.39, 0.29) is 22.7 Å². The van der Waals surface area contributed by atoms with Crippen molar-refractivity contribution in [1.82, 2.24) is 0 Å². The highest BCUT2D eigenvalue weighted by molar-refractivity contribution is 6.00. The highest BCUT2D eigenvalue weighted by Gasteiger charge is 2.43.